The van der Waals surface area contributed by atoms with Crippen molar-refractivity contribution in [2.45, 2.75) is 6.54 Å². The summed E-state index contributed by atoms with van der Waals surface area (Å²) in [5.41, 5.74) is 2.59. The molecule has 8 heteroatoms. The number of tetrazole rings is 1. The van der Waals surface area contributed by atoms with Crippen molar-refractivity contribution in [2.75, 3.05) is 0 Å². The fourth-order valence-corrected chi connectivity index (χ4v) is 3.10. The summed E-state index contributed by atoms with van der Waals surface area (Å²) in [7, 11) is 0. The molecule has 0 atom stereocenters. The van der Waals surface area contributed by atoms with E-state index in [1.54, 1.807) is 10.9 Å². The zero-order valence-electron chi connectivity index (χ0n) is 12.9. The summed E-state index contributed by atoms with van der Waals surface area (Å²) in [5.74, 6) is 0.446. The van der Waals surface area contributed by atoms with Gasteiger partial charge >= 0.3 is 0 Å². The SMILES string of the molecule is Clc1c(-c2nnn(Cc3ccccc3)n2)cnn1-c1cccc(Br)c1. The number of rotatable bonds is 4. The van der Waals surface area contributed by atoms with E-state index < -0.39 is 0 Å². The highest BCUT2D eigenvalue weighted by Crippen LogP contribution is 2.27. The minimum absolute atomic E-state index is 0.442. The normalized spacial score (nSPS) is 11.0. The summed E-state index contributed by atoms with van der Waals surface area (Å²) in [6.07, 6.45) is 1.65. The lowest BCUT2D eigenvalue weighted by Gasteiger charge is -2.03. The smallest absolute Gasteiger partial charge is 0.209 e. The Morgan fingerprint density at radius 1 is 1.04 bits per heavy atom. The van der Waals surface area contributed by atoms with Crippen LogP contribution in [-0.4, -0.2) is 30.0 Å². The van der Waals surface area contributed by atoms with E-state index in [2.05, 4.69) is 36.4 Å². The van der Waals surface area contributed by atoms with Gasteiger partial charge in [0, 0.05) is 4.47 Å². The van der Waals surface area contributed by atoms with Gasteiger partial charge in [-0.05, 0) is 29.0 Å². The average molecular weight is 416 g/mol. The van der Waals surface area contributed by atoms with E-state index in [0.717, 1.165) is 15.7 Å². The molecule has 2 aromatic carbocycles. The van der Waals surface area contributed by atoms with E-state index >= 15 is 0 Å². The summed E-state index contributed by atoms with van der Waals surface area (Å²) in [4.78, 5) is 1.54. The maximum atomic E-state index is 6.48. The summed E-state index contributed by atoms with van der Waals surface area (Å²) < 4.78 is 2.59. The Bertz CT molecular complexity index is 1010. The minimum atomic E-state index is 0.442. The maximum Gasteiger partial charge on any atom is 0.209 e. The molecule has 4 aromatic rings. The summed E-state index contributed by atoms with van der Waals surface area (Å²) in [5, 5.41) is 17.4. The molecule has 2 heterocycles. The van der Waals surface area contributed by atoms with Gasteiger partial charge < -0.3 is 0 Å². The van der Waals surface area contributed by atoms with E-state index in [9.17, 15) is 0 Å². The Labute approximate surface area is 157 Å². The van der Waals surface area contributed by atoms with Gasteiger partial charge in [-0.3, -0.25) is 0 Å². The van der Waals surface area contributed by atoms with E-state index in [1.807, 2.05) is 54.6 Å². The topological polar surface area (TPSA) is 61.4 Å². The van der Waals surface area contributed by atoms with Crippen molar-refractivity contribution < 1.29 is 0 Å². The van der Waals surface area contributed by atoms with Gasteiger partial charge in [0.15, 0.2) is 0 Å². The lowest BCUT2D eigenvalue weighted by Crippen LogP contribution is -2.03. The number of hydrogen-bond acceptors (Lipinski definition) is 4. The van der Waals surface area contributed by atoms with Crippen LogP contribution in [0.3, 0.4) is 0 Å². The molecule has 0 aliphatic heterocycles. The summed E-state index contributed by atoms with van der Waals surface area (Å²) in [6.45, 7) is 0.547. The van der Waals surface area contributed by atoms with Crippen LogP contribution in [-0.2, 0) is 6.54 Å². The molecule has 0 bridgehead atoms. The second-order valence-corrected chi connectivity index (χ2v) is 6.64. The fraction of sp³-hybridized carbons (Fsp3) is 0.0588. The van der Waals surface area contributed by atoms with E-state index in [-0.39, 0.29) is 0 Å². The van der Waals surface area contributed by atoms with Gasteiger partial charge in [-0.25, -0.2) is 4.68 Å². The predicted molar refractivity (Wildman–Crippen MR) is 98.6 cm³/mol. The van der Waals surface area contributed by atoms with E-state index in [4.69, 9.17) is 11.6 Å². The molecule has 0 fully saturated rings. The number of aromatic nitrogens is 6. The number of halogens is 2. The van der Waals surface area contributed by atoms with Crippen molar-refractivity contribution in [1.82, 2.24) is 30.0 Å². The van der Waals surface area contributed by atoms with Crippen LogP contribution in [0.4, 0.5) is 0 Å². The Morgan fingerprint density at radius 2 is 1.88 bits per heavy atom. The molecule has 4 rings (SSSR count). The number of hydrogen-bond donors (Lipinski definition) is 0. The number of nitrogens with zero attached hydrogens (tertiary/aromatic N) is 6. The van der Waals surface area contributed by atoms with Crippen LogP contribution in [0.5, 0.6) is 0 Å². The molecular formula is C17H12BrClN6. The van der Waals surface area contributed by atoms with Crippen molar-refractivity contribution in [2.24, 2.45) is 0 Å². The molecule has 0 aliphatic carbocycles. The van der Waals surface area contributed by atoms with Crippen molar-refractivity contribution >= 4 is 27.5 Å². The Balaban J connectivity index is 1.63. The van der Waals surface area contributed by atoms with Crippen LogP contribution in [0.25, 0.3) is 17.1 Å². The second-order valence-electron chi connectivity index (χ2n) is 5.37. The first-order valence-corrected chi connectivity index (χ1v) is 8.69. The third kappa shape index (κ3) is 3.33. The van der Waals surface area contributed by atoms with Crippen LogP contribution in [0.1, 0.15) is 5.56 Å². The van der Waals surface area contributed by atoms with Crippen LogP contribution < -0.4 is 0 Å². The highest BCUT2D eigenvalue weighted by Gasteiger charge is 2.16. The van der Waals surface area contributed by atoms with Gasteiger partial charge in [0.25, 0.3) is 0 Å². The first kappa shape index (κ1) is 16.0. The molecular weight excluding hydrogens is 404 g/mol. The molecule has 0 N–H and O–H groups in total. The van der Waals surface area contributed by atoms with Crippen LogP contribution in [0, 0.1) is 0 Å². The van der Waals surface area contributed by atoms with Crippen LogP contribution in [0.2, 0.25) is 5.15 Å². The van der Waals surface area contributed by atoms with Gasteiger partial charge in [-0.2, -0.15) is 9.90 Å². The molecule has 2 aromatic heterocycles. The lowest BCUT2D eigenvalue weighted by molar-refractivity contribution is 0.573. The highest BCUT2D eigenvalue weighted by molar-refractivity contribution is 9.10. The maximum absolute atomic E-state index is 6.48. The monoisotopic (exact) mass is 414 g/mol. The molecule has 0 amide bonds. The predicted octanol–water partition coefficient (Wildman–Crippen LogP) is 3.99. The molecule has 124 valence electrons. The second kappa shape index (κ2) is 6.78. The average Bonchev–Trinajstić information content (AvgIpc) is 3.22. The molecule has 25 heavy (non-hydrogen) atoms. The van der Waals surface area contributed by atoms with Gasteiger partial charge in [-0.1, -0.05) is 63.9 Å². The Kier molecular flexibility index (Phi) is 4.33. The fourth-order valence-electron chi connectivity index (χ4n) is 2.44. The first-order valence-electron chi connectivity index (χ1n) is 7.52. The largest absolute Gasteiger partial charge is 0.221 e. The molecule has 0 unspecified atom stereocenters. The van der Waals surface area contributed by atoms with Crippen molar-refractivity contribution in [3.8, 4) is 17.1 Å². The van der Waals surface area contributed by atoms with Gasteiger partial charge in [-0.15, -0.1) is 10.2 Å². The number of benzene rings is 2. The zero-order chi connectivity index (χ0) is 17.2. The van der Waals surface area contributed by atoms with Gasteiger partial charge in [0.1, 0.15) is 5.15 Å². The molecule has 0 saturated carbocycles. The standard InChI is InChI=1S/C17H12BrClN6/c18-13-7-4-8-14(9-13)25-16(19)15(10-20-25)17-21-23-24(22-17)11-12-5-2-1-3-6-12/h1-10H,11H2. The quantitative estimate of drug-likeness (QED) is 0.506. The molecule has 0 radical (unpaired) electrons. The van der Waals surface area contributed by atoms with Crippen molar-refractivity contribution in [3.63, 3.8) is 0 Å². The lowest BCUT2D eigenvalue weighted by atomic mass is 10.2. The molecule has 0 aliphatic rings. The van der Waals surface area contributed by atoms with Crippen LogP contribution >= 0.6 is 27.5 Å². The van der Waals surface area contributed by atoms with Gasteiger partial charge in [0.05, 0.1) is 24.0 Å². The van der Waals surface area contributed by atoms with Crippen LogP contribution in [0.15, 0.2) is 65.3 Å². The Morgan fingerprint density at radius 3 is 2.68 bits per heavy atom. The van der Waals surface area contributed by atoms with Crippen molar-refractivity contribution in [3.05, 3.63) is 76.0 Å². The highest BCUT2D eigenvalue weighted by atomic mass is 79.9. The molecule has 6 nitrogen and oxygen atoms in total. The van der Waals surface area contributed by atoms with Crippen molar-refractivity contribution in [1.29, 1.82) is 0 Å². The summed E-state index contributed by atoms with van der Waals surface area (Å²) in [6, 6.07) is 17.7. The molecule has 0 saturated heterocycles. The third-order valence-corrected chi connectivity index (χ3v) is 4.48. The van der Waals surface area contributed by atoms with Gasteiger partial charge in [0.2, 0.25) is 5.82 Å². The van der Waals surface area contributed by atoms with E-state index in [1.165, 1.54) is 4.80 Å². The molecule has 0 spiro atoms. The Hall–Kier alpha value is -2.51. The first-order chi connectivity index (χ1) is 12.2. The minimum Gasteiger partial charge on any atom is -0.221 e. The zero-order valence-corrected chi connectivity index (χ0v) is 15.3. The summed E-state index contributed by atoms with van der Waals surface area (Å²) >= 11 is 9.93. The van der Waals surface area contributed by atoms with E-state index in [0.29, 0.717) is 23.1 Å². The third-order valence-electron chi connectivity index (χ3n) is 3.62.